The maximum atomic E-state index is 11.5. The van der Waals surface area contributed by atoms with Crippen LogP contribution in [0.4, 0.5) is 0 Å². The van der Waals surface area contributed by atoms with Gasteiger partial charge in [0.1, 0.15) is 0 Å². The predicted molar refractivity (Wildman–Crippen MR) is 65.5 cm³/mol. The van der Waals surface area contributed by atoms with Crippen LogP contribution in [-0.2, 0) is 23.9 Å². The fourth-order valence-corrected chi connectivity index (χ4v) is 1.04. The molecule has 0 saturated carbocycles. The zero-order valence-corrected chi connectivity index (χ0v) is 11.9. The average Bonchev–Trinajstić information content (AvgIpc) is 2.24. The number of rotatable bonds is 5. The third kappa shape index (κ3) is 5.75. The number of alkyl halides is 3. The zero-order chi connectivity index (χ0) is 14.3. The average molecular weight is 321 g/mol. The van der Waals surface area contributed by atoms with E-state index in [2.05, 4.69) is 9.47 Å². The van der Waals surface area contributed by atoms with Gasteiger partial charge in [-0.05, 0) is 13.8 Å². The molecule has 1 amide bonds. The van der Waals surface area contributed by atoms with Crippen molar-refractivity contribution in [3.8, 4) is 0 Å². The molecule has 0 aromatic heterocycles. The van der Waals surface area contributed by atoms with Crippen molar-refractivity contribution in [3.63, 3.8) is 0 Å². The molecular weight excluding hydrogens is 308 g/mol. The molecule has 0 spiro atoms. The van der Waals surface area contributed by atoms with Gasteiger partial charge in [0, 0.05) is 0 Å². The van der Waals surface area contributed by atoms with Crippen molar-refractivity contribution in [2.24, 2.45) is 0 Å². The zero-order valence-electron chi connectivity index (χ0n) is 9.67. The minimum Gasteiger partial charge on any atom is -0.464 e. The van der Waals surface area contributed by atoms with Crippen molar-refractivity contribution >= 4 is 52.6 Å². The molecule has 0 atom stereocenters. The molecule has 18 heavy (non-hydrogen) atoms. The Balaban J connectivity index is 4.83. The first-order valence-corrected chi connectivity index (χ1v) is 6.08. The van der Waals surface area contributed by atoms with Crippen LogP contribution in [0.2, 0.25) is 0 Å². The van der Waals surface area contributed by atoms with Crippen LogP contribution >= 0.6 is 34.8 Å². The van der Waals surface area contributed by atoms with E-state index >= 15 is 0 Å². The largest absolute Gasteiger partial charge is 0.464 e. The Hall–Kier alpha value is -0.720. The maximum Gasteiger partial charge on any atom is 0.340 e. The van der Waals surface area contributed by atoms with Gasteiger partial charge in [0.15, 0.2) is 0 Å². The Morgan fingerprint density at radius 2 is 1.44 bits per heavy atom. The van der Waals surface area contributed by atoms with Crippen molar-refractivity contribution < 1.29 is 23.9 Å². The maximum absolute atomic E-state index is 11.5. The SMILES string of the molecule is CCOC(=O)C(NC(=O)C(Cl)(Cl)Cl)C(=O)OCC. The van der Waals surface area contributed by atoms with Gasteiger partial charge < -0.3 is 14.8 Å². The standard InChI is InChI=1S/C9H12Cl3NO5/c1-3-17-6(14)5(7(15)18-4-2)13-8(16)9(10,11)12/h5H,3-4H2,1-2H3,(H,13,16). The summed E-state index contributed by atoms with van der Waals surface area (Å²) in [5, 5.41) is 1.94. The van der Waals surface area contributed by atoms with Gasteiger partial charge in [-0.3, -0.25) is 4.79 Å². The van der Waals surface area contributed by atoms with E-state index in [1.54, 1.807) is 0 Å². The number of carbonyl (C=O) groups is 3. The first-order chi connectivity index (χ1) is 8.23. The molecule has 6 nitrogen and oxygen atoms in total. The Morgan fingerprint density at radius 1 is 1.06 bits per heavy atom. The molecule has 0 aliphatic carbocycles. The van der Waals surface area contributed by atoms with E-state index < -0.39 is 27.7 Å². The molecule has 0 aromatic rings. The monoisotopic (exact) mass is 319 g/mol. The number of hydrogen-bond donors (Lipinski definition) is 1. The molecular formula is C9H12Cl3NO5. The summed E-state index contributed by atoms with van der Waals surface area (Å²) in [5.41, 5.74) is 0. The second kappa shape index (κ2) is 7.66. The molecule has 104 valence electrons. The molecule has 0 bridgehead atoms. The molecule has 0 saturated heterocycles. The molecule has 0 aliphatic rings. The van der Waals surface area contributed by atoms with Gasteiger partial charge in [-0.15, -0.1) is 0 Å². The van der Waals surface area contributed by atoms with Gasteiger partial charge in [-0.1, -0.05) is 34.8 Å². The highest BCUT2D eigenvalue weighted by molar-refractivity contribution is 6.76. The molecule has 0 aliphatic heterocycles. The summed E-state index contributed by atoms with van der Waals surface area (Å²) in [6.07, 6.45) is 0. The Kier molecular flexibility index (Phi) is 7.35. The Morgan fingerprint density at radius 3 is 1.72 bits per heavy atom. The highest BCUT2D eigenvalue weighted by Crippen LogP contribution is 2.26. The number of hydrogen-bond acceptors (Lipinski definition) is 5. The molecule has 0 radical (unpaired) electrons. The quantitative estimate of drug-likeness (QED) is 0.464. The number of carbonyl (C=O) groups excluding carboxylic acids is 3. The number of nitrogens with one attached hydrogen (secondary N) is 1. The van der Waals surface area contributed by atoms with Gasteiger partial charge >= 0.3 is 11.9 Å². The van der Waals surface area contributed by atoms with E-state index in [4.69, 9.17) is 34.8 Å². The normalized spacial score (nSPS) is 11.0. The van der Waals surface area contributed by atoms with Crippen LogP contribution in [0.1, 0.15) is 13.8 Å². The summed E-state index contributed by atoms with van der Waals surface area (Å²) < 4.78 is 6.91. The smallest absolute Gasteiger partial charge is 0.340 e. The van der Waals surface area contributed by atoms with Crippen LogP contribution in [0.25, 0.3) is 0 Å². The fourth-order valence-electron chi connectivity index (χ4n) is 0.878. The fraction of sp³-hybridized carbons (Fsp3) is 0.667. The lowest BCUT2D eigenvalue weighted by molar-refractivity contribution is -0.159. The van der Waals surface area contributed by atoms with Gasteiger partial charge in [0.2, 0.25) is 6.04 Å². The molecule has 1 N–H and O–H groups in total. The highest BCUT2D eigenvalue weighted by Gasteiger charge is 2.38. The summed E-state index contributed by atoms with van der Waals surface area (Å²) in [7, 11) is 0. The van der Waals surface area contributed by atoms with E-state index in [9.17, 15) is 14.4 Å². The molecule has 0 aromatic carbocycles. The van der Waals surface area contributed by atoms with E-state index in [-0.39, 0.29) is 13.2 Å². The van der Waals surface area contributed by atoms with E-state index in [0.717, 1.165) is 0 Å². The minimum absolute atomic E-state index is 0.0262. The highest BCUT2D eigenvalue weighted by atomic mass is 35.6. The van der Waals surface area contributed by atoms with E-state index in [1.165, 1.54) is 13.8 Å². The van der Waals surface area contributed by atoms with Crippen LogP contribution in [0.5, 0.6) is 0 Å². The third-order valence-electron chi connectivity index (χ3n) is 1.58. The van der Waals surface area contributed by atoms with Crippen molar-refractivity contribution in [2.75, 3.05) is 13.2 Å². The van der Waals surface area contributed by atoms with Gasteiger partial charge in [-0.2, -0.15) is 0 Å². The number of halogens is 3. The molecule has 9 heteroatoms. The lowest BCUT2D eigenvalue weighted by Gasteiger charge is -2.18. The number of esters is 2. The molecule has 0 heterocycles. The van der Waals surface area contributed by atoms with Crippen LogP contribution in [0, 0.1) is 0 Å². The predicted octanol–water partition coefficient (Wildman–Crippen LogP) is 0.968. The van der Waals surface area contributed by atoms with Gasteiger partial charge in [0.05, 0.1) is 13.2 Å². The van der Waals surface area contributed by atoms with Crippen LogP contribution in [0.15, 0.2) is 0 Å². The van der Waals surface area contributed by atoms with Crippen molar-refractivity contribution in [3.05, 3.63) is 0 Å². The lowest BCUT2D eigenvalue weighted by atomic mass is 10.3. The van der Waals surface area contributed by atoms with E-state index in [0.29, 0.717) is 0 Å². The minimum atomic E-state index is -2.29. The molecule has 0 fully saturated rings. The summed E-state index contributed by atoms with van der Waals surface area (Å²) in [5.74, 6) is -3.10. The van der Waals surface area contributed by atoms with Gasteiger partial charge in [-0.25, -0.2) is 9.59 Å². The van der Waals surface area contributed by atoms with Crippen LogP contribution in [0.3, 0.4) is 0 Å². The third-order valence-corrected chi connectivity index (χ3v) is 2.09. The van der Waals surface area contributed by atoms with Crippen molar-refractivity contribution in [1.29, 1.82) is 0 Å². The lowest BCUT2D eigenvalue weighted by Crippen LogP contribution is -2.51. The van der Waals surface area contributed by atoms with E-state index in [1.807, 2.05) is 5.32 Å². The summed E-state index contributed by atoms with van der Waals surface area (Å²) in [6.45, 7) is 3.13. The Labute approximate surface area is 119 Å². The number of ether oxygens (including phenoxy) is 2. The van der Waals surface area contributed by atoms with Crippen LogP contribution < -0.4 is 5.32 Å². The summed E-state index contributed by atoms with van der Waals surface area (Å²) >= 11 is 15.9. The van der Waals surface area contributed by atoms with Gasteiger partial charge in [0.25, 0.3) is 9.70 Å². The van der Waals surface area contributed by atoms with Crippen molar-refractivity contribution in [1.82, 2.24) is 5.32 Å². The first kappa shape index (κ1) is 17.3. The molecule has 0 rings (SSSR count). The van der Waals surface area contributed by atoms with Crippen molar-refractivity contribution in [2.45, 2.75) is 23.7 Å². The Bertz CT molecular complexity index is 311. The first-order valence-electron chi connectivity index (χ1n) is 4.95. The summed E-state index contributed by atoms with van der Waals surface area (Å²) in [6, 6.07) is -1.66. The summed E-state index contributed by atoms with van der Waals surface area (Å²) in [4.78, 5) is 34.3. The number of amides is 1. The second-order valence-electron chi connectivity index (χ2n) is 2.91. The topological polar surface area (TPSA) is 81.7 Å². The van der Waals surface area contributed by atoms with Crippen LogP contribution in [-0.4, -0.2) is 40.9 Å². The molecule has 0 unspecified atom stereocenters. The second-order valence-corrected chi connectivity index (χ2v) is 5.19.